The molecule has 0 radical (unpaired) electrons. The molecule has 1 fully saturated rings. The quantitative estimate of drug-likeness (QED) is 0.813. The van der Waals surface area contributed by atoms with Crippen molar-refractivity contribution in [2.75, 3.05) is 31.8 Å². The van der Waals surface area contributed by atoms with Gasteiger partial charge in [0.2, 0.25) is 5.91 Å². The van der Waals surface area contributed by atoms with E-state index in [0.29, 0.717) is 19.6 Å². The lowest BCUT2D eigenvalue weighted by molar-refractivity contribution is -0.129. The van der Waals surface area contributed by atoms with Gasteiger partial charge in [0.25, 0.3) is 0 Å². The second kappa shape index (κ2) is 9.34. The third-order valence-corrected chi connectivity index (χ3v) is 5.06. The Kier molecular flexibility index (Phi) is 6.61. The second-order valence-electron chi connectivity index (χ2n) is 6.23. The van der Waals surface area contributed by atoms with Crippen molar-refractivity contribution in [3.8, 4) is 5.75 Å². The van der Waals surface area contributed by atoms with E-state index in [2.05, 4.69) is 23.5 Å². The predicted molar refractivity (Wildman–Crippen MR) is 108 cm³/mol. The molecule has 0 spiro atoms. The van der Waals surface area contributed by atoms with Gasteiger partial charge in [0.15, 0.2) is 0 Å². The van der Waals surface area contributed by atoms with Gasteiger partial charge in [-0.15, -0.1) is 11.8 Å². The van der Waals surface area contributed by atoms with Crippen molar-refractivity contribution in [1.29, 1.82) is 0 Å². The van der Waals surface area contributed by atoms with E-state index >= 15 is 0 Å². The Hall–Kier alpha value is -2.40. The van der Waals surface area contributed by atoms with Crippen molar-refractivity contribution >= 4 is 23.7 Å². The van der Waals surface area contributed by atoms with Gasteiger partial charge in [-0.3, -0.25) is 4.79 Å². The highest BCUT2D eigenvalue weighted by molar-refractivity contribution is 7.99. The Morgan fingerprint density at radius 1 is 1.19 bits per heavy atom. The Bertz CT molecular complexity index is 736. The molecule has 1 aliphatic rings. The molecule has 1 amide bonds. The summed E-state index contributed by atoms with van der Waals surface area (Å²) >= 11 is 1.88. The number of ether oxygens (including phenoxy) is 1. The topological polar surface area (TPSA) is 41.6 Å². The summed E-state index contributed by atoms with van der Waals surface area (Å²) in [7, 11) is 1.82. The van der Waals surface area contributed by atoms with Gasteiger partial charge < -0.3 is 15.0 Å². The first-order valence-corrected chi connectivity index (χ1v) is 9.89. The van der Waals surface area contributed by atoms with Crippen molar-refractivity contribution in [2.24, 2.45) is 0 Å². The minimum absolute atomic E-state index is 0.101. The van der Waals surface area contributed by atoms with Crippen molar-refractivity contribution in [2.45, 2.75) is 6.42 Å². The highest BCUT2D eigenvalue weighted by Gasteiger charge is 2.09. The molecular formula is C21H24N2O2S. The van der Waals surface area contributed by atoms with E-state index in [1.165, 1.54) is 5.70 Å². The van der Waals surface area contributed by atoms with Gasteiger partial charge in [-0.25, -0.2) is 0 Å². The van der Waals surface area contributed by atoms with E-state index < -0.39 is 0 Å². The molecule has 0 aliphatic carbocycles. The molecule has 0 unspecified atom stereocenters. The highest BCUT2D eigenvalue weighted by atomic mass is 32.2. The summed E-state index contributed by atoms with van der Waals surface area (Å²) < 4.78 is 5.77. The van der Waals surface area contributed by atoms with Crippen LogP contribution in [0.5, 0.6) is 5.75 Å². The van der Waals surface area contributed by atoms with Gasteiger partial charge in [-0.05, 0) is 29.3 Å². The fourth-order valence-electron chi connectivity index (χ4n) is 2.64. The van der Waals surface area contributed by atoms with E-state index in [1.807, 2.05) is 61.3 Å². The molecule has 26 heavy (non-hydrogen) atoms. The fraction of sp³-hybridized carbons (Fsp3) is 0.286. The van der Waals surface area contributed by atoms with Crippen LogP contribution in [0.1, 0.15) is 11.1 Å². The number of hydrogen-bond acceptors (Lipinski definition) is 4. The van der Waals surface area contributed by atoms with Crippen molar-refractivity contribution in [3.63, 3.8) is 0 Å². The number of carbonyl (C=O) groups excluding carboxylic acids is 1. The lowest BCUT2D eigenvalue weighted by Gasteiger charge is -2.17. The summed E-state index contributed by atoms with van der Waals surface area (Å²) in [6.45, 7) is 1.05. The monoisotopic (exact) mass is 368 g/mol. The highest BCUT2D eigenvalue weighted by Crippen LogP contribution is 2.18. The SMILES string of the molecule is CN(CCOc1ccc(C=C2CSCN2)cc1)C(=O)Cc1ccccc1. The van der Waals surface area contributed by atoms with Crippen LogP contribution in [0, 0.1) is 0 Å². The smallest absolute Gasteiger partial charge is 0.226 e. The Balaban J connectivity index is 1.42. The fourth-order valence-corrected chi connectivity index (χ4v) is 3.44. The Labute approximate surface area is 159 Å². The molecule has 136 valence electrons. The van der Waals surface area contributed by atoms with Crippen molar-refractivity contribution in [3.05, 3.63) is 71.4 Å². The van der Waals surface area contributed by atoms with Crippen LogP contribution >= 0.6 is 11.8 Å². The molecule has 0 saturated carbocycles. The van der Waals surface area contributed by atoms with Crippen molar-refractivity contribution < 1.29 is 9.53 Å². The summed E-state index contributed by atoms with van der Waals surface area (Å²) in [6.07, 6.45) is 2.59. The van der Waals surface area contributed by atoms with Gasteiger partial charge in [0, 0.05) is 18.5 Å². The number of amides is 1. The molecule has 2 aromatic rings. The summed E-state index contributed by atoms with van der Waals surface area (Å²) in [4.78, 5) is 13.9. The van der Waals surface area contributed by atoms with Crippen LogP contribution in [-0.2, 0) is 11.2 Å². The van der Waals surface area contributed by atoms with Gasteiger partial charge in [0.05, 0.1) is 18.8 Å². The van der Waals surface area contributed by atoms with E-state index in [4.69, 9.17) is 4.74 Å². The normalized spacial score (nSPS) is 14.9. The standard InChI is InChI=1S/C21H24N2O2S/c1-23(21(24)14-17-5-3-2-4-6-17)11-12-25-20-9-7-18(8-10-20)13-19-15-26-16-22-19/h2-10,13,22H,11-12,14-16H2,1H3. The number of benzene rings is 2. The number of likely N-dealkylation sites (N-methyl/N-ethyl adjacent to an activating group) is 1. The lowest BCUT2D eigenvalue weighted by Crippen LogP contribution is -2.32. The molecule has 4 nitrogen and oxygen atoms in total. The van der Waals surface area contributed by atoms with Crippen molar-refractivity contribution in [1.82, 2.24) is 10.2 Å². The second-order valence-corrected chi connectivity index (χ2v) is 7.22. The van der Waals surface area contributed by atoms with Crippen LogP contribution in [-0.4, -0.2) is 42.6 Å². The average Bonchev–Trinajstić information content (AvgIpc) is 3.17. The molecule has 0 bridgehead atoms. The van der Waals surface area contributed by atoms with Crippen LogP contribution in [0.3, 0.4) is 0 Å². The summed E-state index contributed by atoms with van der Waals surface area (Å²) in [6, 6.07) is 17.9. The van der Waals surface area contributed by atoms with Crippen LogP contribution in [0.4, 0.5) is 0 Å². The zero-order valence-electron chi connectivity index (χ0n) is 15.0. The molecule has 5 heteroatoms. The predicted octanol–water partition coefficient (Wildman–Crippen LogP) is 3.40. The number of rotatable bonds is 7. The van der Waals surface area contributed by atoms with Crippen LogP contribution in [0.2, 0.25) is 0 Å². The molecule has 0 atom stereocenters. The molecule has 2 aromatic carbocycles. The Morgan fingerprint density at radius 3 is 2.65 bits per heavy atom. The summed E-state index contributed by atoms with van der Waals surface area (Å²) in [5, 5.41) is 3.35. The van der Waals surface area contributed by atoms with Crippen LogP contribution in [0.15, 0.2) is 60.3 Å². The van der Waals surface area contributed by atoms with Gasteiger partial charge in [0.1, 0.15) is 12.4 Å². The molecular weight excluding hydrogens is 344 g/mol. The number of nitrogens with one attached hydrogen (secondary N) is 1. The minimum atomic E-state index is 0.101. The molecule has 1 saturated heterocycles. The zero-order valence-corrected chi connectivity index (χ0v) is 15.8. The van der Waals surface area contributed by atoms with E-state index in [-0.39, 0.29) is 5.91 Å². The number of hydrogen-bond donors (Lipinski definition) is 1. The molecule has 1 aliphatic heterocycles. The number of nitrogens with zero attached hydrogens (tertiary/aromatic N) is 1. The van der Waals surface area contributed by atoms with E-state index in [1.54, 1.807) is 4.90 Å². The first kappa shape index (κ1) is 18.4. The molecule has 1 N–H and O–H groups in total. The van der Waals surface area contributed by atoms with E-state index in [9.17, 15) is 4.79 Å². The summed E-state index contributed by atoms with van der Waals surface area (Å²) in [5.41, 5.74) is 3.46. The first-order valence-electron chi connectivity index (χ1n) is 8.73. The van der Waals surface area contributed by atoms with E-state index in [0.717, 1.165) is 28.5 Å². The van der Waals surface area contributed by atoms with Crippen LogP contribution in [0.25, 0.3) is 6.08 Å². The molecule has 1 heterocycles. The molecule has 3 rings (SSSR count). The third-order valence-electron chi connectivity index (χ3n) is 4.20. The van der Waals surface area contributed by atoms with Gasteiger partial charge >= 0.3 is 0 Å². The molecule has 0 aromatic heterocycles. The minimum Gasteiger partial charge on any atom is -0.492 e. The summed E-state index contributed by atoms with van der Waals surface area (Å²) in [5.74, 6) is 2.96. The maximum absolute atomic E-state index is 12.2. The third kappa shape index (κ3) is 5.56. The maximum atomic E-state index is 12.2. The first-order chi connectivity index (χ1) is 12.7. The van der Waals surface area contributed by atoms with Crippen LogP contribution < -0.4 is 10.1 Å². The zero-order chi connectivity index (χ0) is 18.2. The average molecular weight is 369 g/mol. The Morgan fingerprint density at radius 2 is 1.96 bits per heavy atom. The number of carbonyl (C=O) groups is 1. The largest absolute Gasteiger partial charge is 0.492 e. The van der Waals surface area contributed by atoms with Gasteiger partial charge in [-0.2, -0.15) is 0 Å². The lowest BCUT2D eigenvalue weighted by atomic mass is 10.1. The van der Waals surface area contributed by atoms with Gasteiger partial charge in [-0.1, -0.05) is 42.5 Å². The number of thioether (sulfide) groups is 1. The maximum Gasteiger partial charge on any atom is 0.226 e.